The Hall–Kier alpha value is -2.89. The average molecular weight is 397 g/mol. The van der Waals surface area contributed by atoms with Crippen LogP contribution >= 0.6 is 0 Å². The number of hydrogen-bond acceptors (Lipinski definition) is 4. The van der Waals surface area contributed by atoms with Crippen LogP contribution in [0, 0.1) is 0 Å². The first-order valence-corrected chi connectivity index (χ1v) is 10.5. The first-order valence-electron chi connectivity index (χ1n) is 10.5. The second kappa shape index (κ2) is 10.0. The van der Waals surface area contributed by atoms with Crippen LogP contribution in [-0.4, -0.2) is 56.8 Å². The molecule has 0 atom stereocenters. The summed E-state index contributed by atoms with van der Waals surface area (Å²) < 4.78 is 5.50. The van der Waals surface area contributed by atoms with Gasteiger partial charge >= 0.3 is 6.03 Å². The molecule has 3 rings (SSSR count). The summed E-state index contributed by atoms with van der Waals surface area (Å²) in [6.45, 7) is 11.9. The lowest BCUT2D eigenvalue weighted by molar-refractivity contribution is 0.208. The van der Waals surface area contributed by atoms with Crippen molar-refractivity contribution >= 4 is 23.1 Å². The fourth-order valence-corrected chi connectivity index (χ4v) is 3.63. The number of carbonyl (C=O) groups is 1. The number of ether oxygens (including phenoxy) is 1. The molecule has 1 aliphatic rings. The van der Waals surface area contributed by atoms with Gasteiger partial charge in [-0.25, -0.2) is 4.79 Å². The van der Waals surface area contributed by atoms with Gasteiger partial charge in [0, 0.05) is 56.3 Å². The van der Waals surface area contributed by atoms with Crippen LogP contribution in [0.1, 0.15) is 20.8 Å². The van der Waals surface area contributed by atoms with E-state index in [1.165, 1.54) is 11.4 Å². The van der Waals surface area contributed by atoms with Crippen molar-refractivity contribution in [1.29, 1.82) is 0 Å². The first kappa shape index (κ1) is 20.8. The molecule has 6 nitrogen and oxygen atoms in total. The number of hydrogen-bond donors (Lipinski definition) is 1. The summed E-state index contributed by atoms with van der Waals surface area (Å²) in [6, 6.07) is 16.2. The van der Waals surface area contributed by atoms with E-state index in [4.69, 9.17) is 4.74 Å². The molecule has 0 spiro atoms. The highest BCUT2D eigenvalue weighted by Gasteiger charge is 2.21. The van der Waals surface area contributed by atoms with Crippen LogP contribution in [0.15, 0.2) is 48.5 Å². The van der Waals surface area contributed by atoms with Gasteiger partial charge in [0.1, 0.15) is 5.75 Å². The van der Waals surface area contributed by atoms with Gasteiger partial charge in [0.15, 0.2) is 0 Å². The molecule has 2 amide bonds. The van der Waals surface area contributed by atoms with Gasteiger partial charge in [-0.1, -0.05) is 0 Å². The third-order valence-corrected chi connectivity index (χ3v) is 5.33. The highest BCUT2D eigenvalue weighted by molar-refractivity contribution is 5.89. The van der Waals surface area contributed by atoms with Crippen molar-refractivity contribution < 1.29 is 9.53 Å². The maximum absolute atomic E-state index is 12.6. The van der Waals surface area contributed by atoms with E-state index in [9.17, 15) is 4.79 Å². The largest absolute Gasteiger partial charge is 0.494 e. The van der Waals surface area contributed by atoms with Crippen LogP contribution in [0.4, 0.5) is 21.9 Å². The fourth-order valence-electron chi connectivity index (χ4n) is 3.63. The number of piperazine rings is 1. The Morgan fingerprint density at radius 2 is 1.55 bits per heavy atom. The lowest BCUT2D eigenvalue weighted by Crippen LogP contribution is -2.50. The zero-order chi connectivity index (χ0) is 20.6. The molecule has 1 N–H and O–H groups in total. The molecule has 156 valence electrons. The highest BCUT2D eigenvalue weighted by atomic mass is 16.5. The van der Waals surface area contributed by atoms with E-state index in [1.807, 2.05) is 36.1 Å². The van der Waals surface area contributed by atoms with Crippen LogP contribution in [0.2, 0.25) is 0 Å². The lowest BCUT2D eigenvalue weighted by Gasteiger charge is -2.36. The highest BCUT2D eigenvalue weighted by Crippen LogP contribution is 2.22. The Morgan fingerprint density at radius 1 is 0.931 bits per heavy atom. The predicted octanol–water partition coefficient (Wildman–Crippen LogP) is 4.29. The summed E-state index contributed by atoms with van der Waals surface area (Å²) in [6.07, 6.45) is 0. The third-order valence-electron chi connectivity index (χ3n) is 5.33. The molecular formula is C23H32N4O2. The van der Waals surface area contributed by atoms with E-state index < -0.39 is 0 Å². The minimum Gasteiger partial charge on any atom is -0.494 e. The van der Waals surface area contributed by atoms with Crippen LogP contribution in [0.3, 0.4) is 0 Å². The van der Waals surface area contributed by atoms with Crippen LogP contribution in [0.25, 0.3) is 0 Å². The molecule has 1 saturated heterocycles. The van der Waals surface area contributed by atoms with Gasteiger partial charge < -0.3 is 24.8 Å². The van der Waals surface area contributed by atoms with Crippen LogP contribution in [-0.2, 0) is 0 Å². The molecule has 1 fully saturated rings. The maximum atomic E-state index is 12.6. The molecule has 0 aliphatic carbocycles. The zero-order valence-corrected chi connectivity index (χ0v) is 17.7. The van der Waals surface area contributed by atoms with Gasteiger partial charge in [0.25, 0.3) is 0 Å². The molecule has 6 heteroatoms. The smallest absolute Gasteiger partial charge is 0.321 e. The molecule has 1 heterocycles. The summed E-state index contributed by atoms with van der Waals surface area (Å²) in [5, 5.41) is 3.02. The van der Waals surface area contributed by atoms with Gasteiger partial charge in [-0.3, -0.25) is 0 Å². The maximum Gasteiger partial charge on any atom is 0.321 e. The van der Waals surface area contributed by atoms with Gasteiger partial charge in [-0.2, -0.15) is 0 Å². The molecular weight excluding hydrogens is 364 g/mol. The Labute approximate surface area is 174 Å². The van der Waals surface area contributed by atoms with E-state index in [0.717, 1.165) is 37.6 Å². The molecule has 0 aromatic heterocycles. The molecule has 0 bridgehead atoms. The Kier molecular flexibility index (Phi) is 7.22. The number of nitrogens with zero attached hydrogens (tertiary/aromatic N) is 3. The van der Waals surface area contributed by atoms with E-state index in [2.05, 4.69) is 53.2 Å². The standard InChI is InChI=1S/C23H32N4O2/c1-4-25(5-2)20-9-7-19(8-10-20)24-23(28)27-17-15-26(16-18-27)21-11-13-22(14-12-21)29-6-3/h7-14H,4-6,15-18H2,1-3H3,(H,24,28). The summed E-state index contributed by atoms with van der Waals surface area (Å²) in [7, 11) is 0. The van der Waals surface area contributed by atoms with E-state index >= 15 is 0 Å². The molecule has 0 unspecified atom stereocenters. The number of carbonyl (C=O) groups excluding carboxylic acids is 1. The molecule has 2 aromatic rings. The molecule has 0 saturated carbocycles. The van der Waals surface area contributed by atoms with E-state index in [1.54, 1.807) is 0 Å². The van der Waals surface area contributed by atoms with E-state index in [-0.39, 0.29) is 6.03 Å². The quantitative estimate of drug-likeness (QED) is 0.759. The monoisotopic (exact) mass is 396 g/mol. The topological polar surface area (TPSA) is 48.1 Å². The number of amides is 2. The Morgan fingerprint density at radius 3 is 2.10 bits per heavy atom. The fraction of sp³-hybridized carbons (Fsp3) is 0.435. The normalized spacial score (nSPS) is 13.9. The zero-order valence-electron chi connectivity index (χ0n) is 17.7. The van der Waals surface area contributed by atoms with Gasteiger partial charge in [0.05, 0.1) is 6.61 Å². The predicted molar refractivity (Wildman–Crippen MR) is 120 cm³/mol. The molecule has 29 heavy (non-hydrogen) atoms. The second-order valence-corrected chi connectivity index (χ2v) is 7.05. The average Bonchev–Trinajstić information content (AvgIpc) is 2.77. The van der Waals surface area contributed by atoms with Crippen molar-refractivity contribution in [3.63, 3.8) is 0 Å². The number of rotatable bonds is 7. The van der Waals surface area contributed by atoms with Crippen molar-refractivity contribution in [3.8, 4) is 5.75 Å². The van der Waals surface area contributed by atoms with Gasteiger partial charge in [-0.05, 0) is 69.3 Å². The van der Waals surface area contributed by atoms with Gasteiger partial charge in [-0.15, -0.1) is 0 Å². The SMILES string of the molecule is CCOc1ccc(N2CCN(C(=O)Nc3ccc(N(CC)CC)cc3)CC2)cc1. The molecule has 2 aromatic carbocycles. The number of nitrogens with one attached hydrogen (secondary N) is 1. The molecule has 0 radical (unpaired) electrons. The number of anilines is 3. The third kappa shape index (κ3) is 5.34. The van der Waals surface area contributed by atoms with Crippen molar-refractivity contribution in [2.75, 3.05) is 61.0 Å². The minimum absolute atomic E-state index is 0.0352. The molecule has 1 aliphatic heterocycles. The Balaban J connectivity index is 1.51. The van der Waals surface area contributed by atoms with Crippen LogP contribution < -0.4 is 19.9 Å². The van der Waals surface area contributed by atoms with Crippen molar-refractivity contribution in [1.82, 2.24) is 4.90 Å². The lowest BCUT2D eigenvalue weighted by atomic mass is 10.2. The van der Waals surface area contributed by atoms with E-state index in [0.29, 0.717) is 19.7 Å². The second-order valence-electron chi connectivity index (χ2n) is 7.05. The Bertz CT molecular complexity index is 764. The number of benzene rings is 2. The summed E-state index contributed by atoms with van der Waals surface area (Å²) >= 11 is 0. The minimum atomic E-state index is -0.0352. The van der Waals surface area contributed by atoms with Crippen molar-refractivity contribution in [2.45, 2.75) is 20.8 Å². The van der Waals surface area contributed by atoms with Gasteiger partial charge in [0.2, 0.25) is 0 Å². The number of urea groups is 1. The summed E-state index contributed by atoms with van der Waals surface area (Å²) in [5.41, 5.74) is 3.18. The van der Waals surface area contributed by atoms with Crippen LogP contribution in [0.5, 0.6) is 5.75 Å². The first-order chi connectivity index (χ1) is 14.1. The summed E-state index contributed by atoms with van der Waals surface area (Å²) in [5.74, 6) is 0.890. The summed E-state index contributed by atoms with van der Waals surface area (Å²) in [4.78, 5) is 19.1. The van der Waals surface area contributed by atoms with Crippen molar-refractivity contribution in [3.05, 3.63) is 48.5 Å². The van der Waals surface area contributed by atoms with Crippen molar-refractivity contribution in [2.24, 2.45) is 0 Å².